The molecule has 1 atom stereocenters. The maximum Gasteiger partial charge on any atom is 0.340 e. The summed E-state index contributed by atoms with van der Waals surface area (Å²) in [5, 5.41) is 5.26. The Kier molecular flexibility index (Phi) is 3.35. The lowest BCUT2D eigenvalue weighted by molar-refractivity contribution is 0.0765. The maximum absolute atomic E-state index is 11.6. The molecule has 1 aromatic heterocycles. The largest absolute Gasteiger partial charge is 0.448 e. The van der Waals surface area contributed by atoms with E-state index in [9.17, 15) is 4.79 Å². The molecule has 0 amide bonds. The van der Waals surface area contributed by atoms with Gasteiger partial charge in [-0.25, -0.2) is 9.48 Å². The number of carbonyl (C=O) groups excluding carboxylic acids is 1. The molecule has 3 aromatic rings. The number of fused-ring (bicyclic) bond motifs is 1. The van der Waals surface area contributed by atoms with Gasteiger partial charge in [0.2, 0.25) is 0 Å². The van der Waals surface area contributed by atoms with E-state index in [0.29, 0.717) is 11.3 Å². The number of rotatable bonds is 2. The van der Waals surface area contributed by atoms with E-state index >= 15 is 0 Å². The number of nitrogen functional groups attached to an aromatic ring is 1. The van der Waals surface area contributed by atoms with E-state index in [1.165, 1.54) is 0 Å². The average molecular weight is 299 g/mol. The van der Waals surface area contributed by atoms with Crippen LogP contribution in [-0.4, -0.2) is 15.7 Å². The van der Waals surface area contributed by atoms with Crippen LogP contribution in [0.4, 0.5) is 5.69 Å². The second kappa shape index (κ2) is 5.19. The van der Waals surface area contributed by atoms with Gasteiger partial charge in [0.05, 0.1) is 32.4 Å². The molecule has 6 heteroatoms. The number of carbonyl (C=O) groups is 1. The standard InChI is InChI=1S/C15H14N3O2P/c1-9-5-13(16)12-8-17-18(14(12)6-9)11-4-2-3-10(7-11)15(19)20-21/h2-8H,16,21H2,1H3. The summed E-state index contributed by atoms with van der Waals surface area (Å²) in [4.78, 5) is 11.6. The van der Waals surface area contributed by atoms with Crippen LogP contribution in [0.25, 0.3) is 16.6 Å². The van der Waals surface area contributed by atoms with Gasteiger partial charge in [-0.3, -0.25) is 0 Å². The molecule has 0 radical (unpaired) electrons. The average Bonchev–Trinajstić information content (AvgIpc) is 2.90. The van der Waals surface area contributed by atoms with Crippen LogP contribution in [0.3, 0.4) is 0 Å². The fourth-order valence-corrected chi connectivity index (χ4v) is 2.47. The number of aryl methyl sites for hydroxylation is 1. The van der Waals surface area contributed by atoms with E-state index in [1.54, 1.807) is 29.1 Å². The molecular weight excluding hydrogens is 285 g/mol. The highest BCUT2D eigenvalue weighted by atomic mass is 31.0. The third-order valence-electron chi connectivity index (χ3n) is 3.30. The molecule has 0 fully saturated rings. The minimum absolute atomic E-state index is 0.408. The molecule has 2 N–H and O–H groups in total. The highest BCUT2D eigenvalue weighted by Gasteiger charge is 2.11. The Morgan fingerprint density at radius 3 is 2.90 bits per heavy atom. The van der Waals surface area contributed by atoms with Crippen LogP contribution in [0.2, 0.25) is 0 Å². The zero-order valence-electron chi connectivity index (χ0n) is 11.4. The Morgan fingerprint density at radius 2 is 2.14 bits per heavy atom. The molecule has 0 aliphatic carbocycles. The lowest BCUT2D eigenvalue weighted by Gasteiger charge is -2.07. The van der Waals surface area contributed by atoms with Crippen LogP contribution >= 0.6 is 9.47 Å². The van der Waals surface area contributed by atoms with Crippen molar-refractivity contribution in [1.82, 2.24) is 9.78 Å². The number of aromatic nitrogens is 2. The first-order chi connectivity index (χ1) is 10.1. The second-order valence-corrected chi connectivity index (χ2v) is 5.03. The first kappa shape index (κ1) is 13.6. The molecule has 2 aromatic carbocycles. The summed E-state index contributed by atoms with van der Waals surface area (Å²) in [5.41, 5.74) is 9.92. The molecule has 106 valence electrons. The quantitative estimate of drug-likeness (QED) is 0.583. The summed E-state index contributed by atoms with van der Waals surface area (Å²) < 4.78 is 6.42. The molecule has 1 unspecified atom stereocenters. The summed E-state index contributed by atoms with van der Waals surface area (Å²) >= 11 is 0. The zero-order valence-corrected chi connectivity index (χ0v) is 12.6. The first-order valence-corrected chi connectivity index (χ1v) is 6.82. The van der Waals surface area contributed by atoms with Crippen LogP contribution in [0.5, 0.6) is 0 Å². The van der Waals surface area contributed by atoms with Gasteiger partial charge < -0.3 is 10.3 Å². The summed E-state index contributed by atoms with van der Waals surface area (Å²) in [7, 11) is 1.96. The normalized spacial score (nSPS) is 10.8. The van der Waals surface area contributed by atoms with Crippen molar-refractivity contribution in [2.75, 3.05) is 5.73 Å². The Balaban J connectivity index is 2.19. The van der Waals surface area contributed by atoms with E-state index in [-0.39, 0.29) is 0 Å². The van der Waals surface area contributed by atoms with E-state index in [2.05, 4.69) is 9.62 Å². The van der Waals surface area contributed by atoms with Gasteiger partial charge in [-0.1, -0.05) is 6.07 Å². The Hall–Kier alpha value is -2.39. The van der Waals surface area contributed by atoms with Gasteiger partial charge >= 0.3 is 5.97 Å². The van der Waals surface area contributed by atoms with E-state index in [0.717, 1.165) is 22.2 Å². The first-order valence-electron chi connectivity index (χ1n) is 6.35. The van der Waals surface area contributed by atoms with Crippen LogP contribution in [0, 0.1) is 6.92 Å². The van der Waals surface area contributed by atoms with Gasteiger partial charge in [-0.2, -0.15) is 5.10 Å². The summed E-state index contributed by atoms with van der Waals surface area (Å²) in [5.74, 6) is -0.408. The molecular formula is C15H14N3O2P. The summed E-state index contributed by atoms with van der Waals surface area (Å²) in [6.45, 7) is 1.98. The molecule has 1 heterocycles. The topological polar surface area (TPSA) is 70.1 Å². The summed E-state index contributed by atoms with van der Waals surface area (Å²) in [6.07, 6.45) is 1.73. The maximum atomic E-state index is 11.6. The van der Waals surface area contributed by atoms with Crippen LogP contribution < -0.4 is 5.73 Å². The number of benzene rings is 2. The van der Waals surface area contributed by atoms with Gasteiger partial charge in [0.1, 0.15) is 0 Å². The Bertz CT molecular complexity index is 842. The van der Waals surface area contributed by atoms with Gasteiger partial charge in [-0.15, -0.1) is 0 Å². The van der Waals surface area contributed by atoms with Crippen molar-refractivity contribution in [3.8, 4) is 5.69 Å². The van der Waals surface area contributed by atoms with E-state index in [4.69, 9.17) is 5.73 Å². The fourth-order valence-electron chi connectivity index (χ4n) is 2.34. The molecule has 0 saturated heterocycles. The van der Waals surface area contributed by atoms with Gasteiger partial charge in [0.25, 0.3) is 0 Å². The zero-order chi connectivity index (χ0) is 15.0. The number of anilines is 1. The number of hydrogen-bond acceptors (Lipinski definition) is 4. The lowest BCUT2D eigenvalue weighted by atomic mass is 10.1. The van der Waals surface area contributed by atoms with Gasteiger partial charge in [-0.05, 0) is 42.8 Å². The van der Waals surface area contributed by atoms with Crippen molar-refractivity contribution >= 4 is 32.0 Å². The Labute approximate surface area is 124 Å². The number of nitrogens with two attached hydrogens (primary N) is 1. The predicted octanol–water partition coefficient (Wildman–Crippen LogP) is 2.86. The number of hydrogen-bond donors (Lipinski definition) is 1. The van der Waals surface area contributed by atoms with Crippen molar-refractivity contribution in [3.05, 3.63) is 53.7 Å². The SMILES string of the molecule is Cc1cc(N)c2cnn(-c3cccc(C(=O)OP)c3)c2c1. The molecule has 21 heavy (non-hydrogen) atoms. The molecule has 0 bridgehead atoms. The third-order valence-corrected chi connectivity index (χ3v) is 3.51. The lowest BCUT2D eigenvalue weighted by Crippen LogP contribution is -2.02. The van der Waals surface area contributed by atoms with Crippen LogP contribution in [-0.2, 0) is 4.52 Å². The minimum Gasteiger partial charge on any atom is -0.448 e. The predicted molar refractivity (Wildman–Crippen MR) is 85.3 cm³/mol. The molecule has 3 rings (SSSR count). The van der Waals surface area contributed by atoms with Crippen molar-refractivity contribution < 1.29 is 9.32 Å². The van der Waals surface area contributed by atoms with Crippen LogP contribution in [0.15, 0.2) is 42.6 Å². The van der Waals surface area contributed by atoms with E-state index < -0.39 is 5.97 Å². The van der Waals surface area contributed by atoms with Crippen LogP contribution in [0.1, 0.15) is 15.9 Å². The smallest absolute Gasteiger partial charge is 0.340 e. The van der Waals surface area contributed by atoms with Gasteiger partial charge in [0, 0.05) is 11.1 Å². The highest BCUT2D eigenvalue weighted by molar-refractivity contribution is 7.10. The Morgan fingerprint density at radius 1 is 1.33 bits per heavy atom. The van der Waals surface area contributed by atoms with Gasteiger partial charge in [0.15, 0.2) is 0 Å². The van der Waals surface area contributed by atoms with Crippen molar-refractivity contribution in [3.63, 3.8) is 0 Å². The molecule has 0 aliphatic heterocycles. The molecule has 0 saturated carbocycles. The molecule has 0 spiro atoms. The second-order valence-electron chi connectivity index (χ2n) is 4.80. The van der Waals surface area contributed by atoms with Crippen molar-refractivity contribution in [2.24, 2.45) is 0 Å². The van der Waals surface area contributed by atoms with Crippen molar-refractivity contribution in [2.45, 2.75) is 6.92 Å². The monoisotopic (exact) mass is 299 g/mol. The fraction of sp³-hybridized carbons (Fsp3) is 0.0667. The minimum atomic E-state index is -0.408. The third kappa shape index (κ3) is 2.36. The number of nitrogens with zero attached hydrogens (tertiary/aromatic N) is 2. The molecule has 5 nitrogen and oxygen atoms in total. The highest BCUT2D eigenvalue weighted by Crippen LogP contribution is 2.25. The van der Waals surface area contributed by atoms with Crippen molar-refractivity contribution in [1.29, 1.82) is 0 Å². The van der Waals surface area contributed by atoms with E-state index in [1.807, 2.05) is 34.6 Å². The molecule has 0 aliphatic rings. The summed E-state index contributed by atoms with van der Waals surface area (Å²) in [6, 6.07) is 11.0.